The molecule has 1 aliphatic rings. The molecule has 1 fully saturated rings. The number of aliphatic hydroxyl groups is 1. The average Bonchev–Trinajstić information content (AvgIpc) is 2.65. The number of amides is 1. The molecule has 4 heteroatoms. The molecule has 0 aliphatic carbocycles. The van der Waals surface area contributed by atoms with Crippen molar-refractivity contribution in [2.24, 2.45) is 11.7 Å². The molecule has 0 radical (unpaired) electrons. The summed E-state index contributed by atoms with van der Waals surface area (Å²) >= 11 is 0. The molecule has 0 bridgehead atoms. The van der Waals surface area contributed by atoms with Crippen LogP contribution in [0, 0.1) is 5.92 Å². The van der Waals surface area contributed by atoms with Gasteiger partial charge in [-0.05, 0) is 32.1 Å². The van der Waals surface area contributed by atoms with E-state index in [-0.39, 0.29) is 12.5 Å². The Kier molecular flexibility index (Phi) is 4.74. The molecule has 0 aromatic heterocycles. The van der Waals surface area contributed by atoms with Crippen LogP contribution in [0.1, 0.15) is 39.5 Å². The number of carbonyl (C=O) groups is 1. The van der Waals surface area contributed by atoms with Crippen LogP contribution in [0.25, 0.3) is 0 Å². The summed E-state index contributed by atoms with van der Waals surface area (Å²) < 4.78 is 0. The van der Waals surface area contributed by atoms with E-state index in [9.17, 15) is 4.79 Å². The van der Waals surface area contributed by atoms with Crippen molar-refractivity contribution >= 4 is 5.91 Å². The maximum absolute atomic E-state index is 12.1. The van der Waals surface area contributed by atoms with E-state index in [1.165, 1.54) is 0 Å². The van der Waals surface area contributed by atoms with Crippen LogP contribution in [-0.4, -0.2) is 41.1 Å². The SMILES string of the molecule is CCCC(C)(N)C(=O)N1CCC(CCO)C1. The Hall–Kier alpha value is -0.610. The summed E-state index contributed by atoms with van der Waals surface area (Å²) in [5.74, 6) is 0.515. The standard InChI is InChI=1S/C12H24N2O2/c1-3-6-12(2,13)11(16)14-7-4-10(9-14)5-8-15/h10,15H,3-9,13H2,1-2H3. The summed E-state index contributed by atoms with van der Waals surface area (Å²) in [5.41, 5.74) is 5.31. The lowest BCUT2D eigenvalue weighted by molar-refractivity contribution is -0.135. The number of likely N-dealkylation sites (tertiary alicyclic amines) is 1. The number of nitrogens with two attached hydrogens (primary N) is 1. The molecule has 16 heavy (non-hydrogen) atoms. The Morgan fingerprint density at radius 2 is 2.31 bits per heavy atom. The zero-order valence-corrected chi connectivity index (χ0v) is 10.4. The average molecular weight is 228 g/mol. The van der Waals surface area contributed by atoms with E-state index in [1.54, 1.807) is 0 Å². The van der Waals surface area contributed by atoms with Gasteiger partial charge in [0.2, 0.25) is 5.91 Å². The molecule has 0 spiro atoms. The van der Waals surface area contributed by atoms with E-state index in [1.807, 2.05) is 18.7 Å². The highest BCUT2D eigenvalue weighted by molar-refractivity contribution is 5.85. The number of rotatable bonds is 5. The van der Waals surface area contributed by atoms with Crippen molar-refractivity contribution in [3.8, 4) is 0 Å². The first-order valence-electron chi connectivity index (χ1n) is 6.20. The molecule has 94 valence electrons. The predicted molar refractivity (Wildman–Crippen MR) is 63.9 cm³/mol. The van der Waals surface area contributed by atoms with Crippen LogP contribution in [0.3, 0.4) is 0 Å². The van der Waals surface area contributed by atoms with E-state index in [0.29, 0.717) is 5.92 Å². The summed E-state index contributed by atoms with van der Waals surface area (Å²) in [7, 11) is 0. The molecule has 1 amide bonds. The highest BCUT2D eigenvalue weighted by atomic mass is 16.3. The summed E-state index contributed by atoms with van der Waals surface area (Å²) in [6.07, 6.45) is 3.44. The maximum atomic E-state index is 12.1. The lowest BCUT2D eigenvalue weighted by atomic mass is 9.96. The molecule has 3 N–H and O–H groups in total. The summed E-state index contributed by atoms with van der Waals surface area (Å²) in [6, 6.07) is 0. The molecule has 1 saturated heterocycles. The van der Waals surface area contributed by atoms with E-state index in [0.717, 1.165) is 38.8 Å². The molecule has 4 nitrogen and oxygen atoms in total. The summed E-state index contributed by atoms with van der Waals surface area (Å²) in [4.78, 5) is 14.0. The lowest BCUT2D eigenvalue weighted by Crippen LogP contribution is -2.52. The van der Waals surface area contributed by atoms with Crippen LogP contribution < -0.4 is 5.73 Å². The maximum Gasteiger partial charge on any atom is 0.242 e. The molecular weight excluding hydrogens is 204 g/mol. The van der Waals surface area contributed by atoms with Crippen LogP contribution in [0.5, 0.6) is 0 Å². The molecule has 0 aromatic carbocycles. The fourth-order valence-electron chi connectivity index (χ4n) is 2.42. The monoisotopic (exact) mass is 228 g/mol. The van der Waals surface area contributed by atoms with Crippen molar-refractivity contribution < 1.29 is 9.90 Å². The second-order valence-electron chi connectivity index (χ2n) is 5.09. The van der Waals surface area contributed by atoms with E-state index in [4.69, 9.17) is 10.8 Å². The van der Waals surface area contributed by atoms with Gasteiger partial charge in [-0.2, -0.15) is 0 Å². The fourth-order valence-corrected chi connectivity index (χ4v) is 2.42. The van der Waals surface area contributed by atoms with Crippen LogP contribution in [0.15, 0.2) is 0 Å². The van der Waals surface area contributed by atoms with Crippen molar-refractivity contribution in [3.63, 3.8) is 0 Å². The van der Waals surface area contributed by atoms with Crippen LogP contribution in [0.4, 0.5) is 0 Å². The van der Waals surface area contributed by atoms with Crippen molar-refractivity contribution in [1.29, 1.82) is 0 Å². The Balaban J connectivity index is 2.50. The van der Waals surface area contributed by atoms with Crippen LogP contribution >= 0.6 is 0 Å². The van der Waals surface area contributed by atoms with Gasteiger partial charge in [-0.1, -0.05) is 13.3 Å². The first-order chi connectivity index (χ1) is 7.51. The normalized spacial score (nSPS) is 24.5. The Labute approximate surface area is 97.8 Å². The third kappa shape index (κ3) is 3.19. The number of aliphatic hydroxyl groups excluding tert-OH is 1. The van der Waals surface area contributed by atoms with Crippen molar-refractivity contribution in [3.05, 3.63) is 0 Å². The highest BCUT2D eigenvalue weighted by Crippen LogP contribution is 2.22. The van der Waals surface area contributed by atoms with E-state index < -0.39 is 5.54 Å². The minimum atomic E-state index is -0.719. The van der Waals surface area contributed by atoms with Gasteiger partial charge in [-0.15, -0.1) is 0 Å². The third-order valence-electron chi connectivity index (χ3n) is 3.37. The Morgan fingerprint density at radius 3 is 2.88 bits per heavy atom. The van der Waals surface area contributed by atoms with E-state index in [2.05, 4.69) is 0 Å². The first kappa shape index (κ1) is 13.5. The van der Waals surface area contributed by atoms with Gasteiger partial charge in [0.1, 0.15) is 0 Å². The predicted octanol–water partition coefficient (Wildman–Crippen LogP) is 0.735. The van der Waals surface area contributed by atoms with Gasteiger partial charge in [0.15, 0.2) is 0 Å². The van der Waals surface area contributed by atoms with Gasteiger partial charge in [-0.3, -0.25) is 4.79 Å². The first-order valence-corrected chi connectivity index (χ1v) is 6.20. The fraction of sp³-hybridized carbons (Fsp3) is 0.917. The Morgan fingerprint density at radius 1 is 1.62 bits per heavy atom. The van der Waals surface area contributed by atoms with Gasteiger partial charge < -0.3 is 15.7 Å². The smallest absolute Gasteiger partial charge is 0.242 e. The zero-order chi connectivity index (χ0) is 12.2. The number of carbonyl (C=O) groups excluding carboxylic acids is 1. The second-order valence-corrected chi connectivity index (χ2v) is 5.09. The van der Waals surface area contributed by atoms with Gasteiger partial charge in [0.05, 0.1) is 5.54 Å². The van der Waals surface area contributed by atoms with E-state index >= 15 is 0 Å². The minimum Gasteiger partial charge on any atom is -0.396 e. The summed E-state index contributed by atoms with van der Waals surface area (Å²) in [6.45, 7) is 5.62. The largest absolute Gasteiger partial charge is 0.396 e. The third-order valence-corrected chi connectivity index (χ3v) is 3.37. The minimum absolute atomic E-state index is 0.0646. The van der Waals surface area contributed by atoms with Crippen molar-refractivity contribution in [2.45, 2.75) is 45.1 Å². The number of nitrogens with zero attached hydrogens (tertiary/aromatic N) is 1. The topological polar surface area (TPSA) is 66.6 Å². The van der Waals surface area contributed by atoms with Crippen molar-refractivity contribution in [1.82, 2.24) is 4.90 Å². The molecule has 1 rings (SSSR count). The van der Waals surface area contributed by atoms with Crippen molar-refractivity contribution in [2.75, 3.05) is 19.7 Å². The molecule has 1 heterocycles. The van der Waals surface area contributed by atoms with Gasteiger partial charge in [-0.25, -0.2) is 0 Å². The quantitative estimate of drug-likeness (QED) is 0.729. The molecule has 2 unspecified atom stereocenters. The van der Waals surface area contributed by atoms with Gasteiger partial charge in [0, 0.05) is 19.7 Å². The molecule has 0 aromatic rings. The number of hydrogen-bond donors (Lipinski definition) is 2. The zero-order valence-electron chi connectivity index (χ0n) is 10.4. The molecular formula is C12H24N2O2. The molecule has 2 atom stereocenters. The highest BCUT2D eigenvalue weighted by Gasteiger charge is 2.35. The van der Waals surface area contributed by atoms with Crippen LogP contribution in [-0.2, 0) is 4.79 Å². The van der Waals surface area contributed by atoms with Crippen LogP contribution in [0.2, 0.25) is 0 Å². The lowest BCUT2D eigenvalue weighted by Gasteiger charge is -2.28. The summed E-state index contributed by atoms with van der Waals surface area (Å²) in [5, 5.41) is 8.87. The van der Waals surface area contributed by atoms with Gasteiger partial charge >= 0.3 is 0 Å². The van der Waals surface area contributed by atoms with Gasteiger partial charge in [0.25, 0.3) is 0 Å². The Bertz CT molecular complexity index is 241. The second kappa shape index (κ2) is 5.64. The molecule has 0 saturated carbocycles. The number of hydrogen-bond acceptors (Lipinski definition) is 3. The molecule has 1 aliphatic heterocycles.